The molecule has 0 saturated heterocycles. The van der Waals surface area contributed by atoms with Crippen LogP contribution in [0.1, 0.15) is 23.2 Å². The van der Waals surface area contributed by atoms with Crippen LogP contribution in [0.4, 0.5) is 4.39 Å². The fraction of sp³-hybridized carbons (Fsp3) is 0.417. The third-order valence-corrected chi connectivity index (χ3v) is 4.47. The van der Waals surface area contributed by atoms with Gasteiger partial charge < -0.3 is 5.32 Å². The lowest BCUT2D eigenvalue weighted by atomic mass is 10.2. The maximum absolute atomic E-state index is 13.6. The second kappa shape index (κ2) is 5.48. The molecule has 2 rings (SSSR count). The highest BCUT2D eigenvalue weighted by molar-refractivity contribution is 9.10. The van der Waals surface area contributed by atoms with Crippen LogP contribution in [0.25, 0.3) is 0 Å². The standard InChI is InChI=1S/C12H12Br2FNO/c13-9-3-1-2-8(11(9)15)12(17)16-6-10(14)7-4-5-7/h1-3,7,10H,4-6H2,(H,16,17). The maximum Gasteiger partial charge on any atom is 0.254 e. The first-order valence-corrected chi connectivity index (χ1v) is 7.16. The van der Waals surface area contributed by atoms with Crippen LogP contribution < -0.4 is 5.32 Å². The van der Waals surface area contributed by atoms with E-state index in [1.807, 2.05) is 0 Å². The lowest BCUT2D eigenvalue weighted by Gasteiger charge is -2.10. The third-order valence-electron chi connectivity index (χ3n) is 2.79. The molecular weight excluding hydrogens is 353 g/mol. The average Bonchev–Trinajstić information content (AvgIpc) is 3.13. The van der Waals surface area contributed by atoms with E-state index in [0.29, 0.717) is 21.8 Å². The van der Waals surface area contributed by atoms with Crippen LogP contribution in [0.2, 0.25) is 0 Å². The molecule has 1 atom stereocenters. The summed E-state index contributed by atoms with van der Waals surface area (Å²) in [6.07, 6.45) is 2.41. The van der Waals surface area contributed by atoms with E-state index in [1.165, 1.54) is 18.9 Å². The first kappa shape index (κ1) is 13.0. The number of carbonyl (C=O) groups excluding carboxylic acids is 1. The molecule has 0 aliphatic heterocycles. The van der Waals surface area contributed by atoms with Crippen molar-refractivity contribution in [2.24, 2.45) is 5.92 Å². The molecule has 0 radical (unpaired) electrons. The second-order valence-corrected chi connectivity index (χ2v) is 6.20. The molecule has 1 saturated carbocycles. The Balaban J connectivity index is 1.96. The summed E-state index contributed by atoms with van der Waals surface area (Å²) in [7, 11) is 0. The van der Waals surface area contributed by atoms with Crippen molar-refractivity contribution in [1.29, 1.82) is 0 Å². The molecule has 1 unspecified atom stereocenters. The van der Waals surface area contributed by atoms with Crippen molar-refractivity contribution in [3.05, 3.63) is 34.1 Å². The van der Waals surface area contributed by atoms with Crippen LogP contribution in [0, 0.1) is 11.7 Å². The summed E-state index contributed by atoms with van der Waals surface area (Å²) in [4.78, 5) is 12.1. The quantitative estimate of drug-likeness (QED) is 0.814. The Bertz CT molecular complexity index is 435. The van der Waals surface area contributed by atoms with Gasteiger partial charge in [-0.15, -0.1) is 0 Å². The fourth-order valence-corrected chi connectivity index (χ4v) is 2.65. The first-order valence-electron chi connectivity index (χ1n) is 5.46. The van der Waals surface area contributed by atoms with E-state index in [-0.39, 0.29) is 11.5 Å². The number of carbonyl (C=O) groups is 1. The van der Waals surface area contributed by atoms with Crippen molar-refractivity contribution in [2.75, 3.05) is 6.54 Å². The Morgan fingerprint density at radius 1 is 1.53 bits per heavy atom. The molecule has 1 fully saturated rings. The van der Waals surface area contributed by atoms with Crippen LogP contribution in [0.5, 0.6) is 0 Å². The number of rotatable bonds is 4. The predicted octanol–water partition coefficient (Wildman–Crippen LogP) is 3.49. The van der Waals surface area contributed by atoms with Gasteiger partial charge in [0.25, 0.3) is 5.91 Å². The summed E-state index contributed by atoms with van der Waals surface area (Å²) < 4.78 is 13.9. The number of nitrogens with one attached hydrogen (secondary N) is 1. The summed E-state index contributed by atoms with van der Waals surface area (Å²) in [5.41, 5.74) is 0.0786. The number of hydrogen-bond donors (Lipinski definition) is 1. The molecule has 1 amide bonds. The summed E-state index contributed by atoms with van der Waals surface area (Å²) >= 11 is 6.58. The Morgan fingerprint density at radius 2 is 2.24 bits per heavy atom. The molecule has 1 aliphatic carbocycles. The molecular formula is C12H12Br2FNO. The van der Waals surface area contributed by atoms with Gasteiger partial charge >= 0.3 is 0 Å². The number of halogens is 3. The van der Waals surface area contributed by atoms with Gasteiger partial charge in [-0.1, -0.05) is 22.0 Å². The van der Waals surface area contributed by atoms with Gasteiger partial charge in [0, 0.05) is 11.4 Å². The molecule has 1 aliphatic rings. The van der Waals surface area contributed by atoms with Crippen molar-refractivity contribution in [2.45, 2.75) is 17.7 Å². The number of alkyl halides is 1. The van der Waals surface area contributed by atoms with Crippen molar-refractivity contribution in [1.82, 2.24) is 5.32 Å². The molecule has 92 valence electrons. The van der Waals surface area contributed by atoms with Crippen molar-refractivity contribution >= 4 is 37.8 Å². The van der Waals surface area contributed by atoms with Gasteiger partial charge in [-0.3, -0.25) is 4.79 Å². The fourth-order valence-electron chi connectivity index (χ4n) is 1.59. The molecule has 2 nitrogen and oxygen atoms in total. The summed E-state index contributed by atoms with van der Waals surface area (Å²) in [5, 5.41) is 2.74. The zero-order valence-corrected chi connectivity index (χ0v) is 12.2. The van der Waals surface area contributed by atoms with Crippen LogP contribution >= 0.6 is 31.9 Å². The van der Waals surface area contributed by atoms with E-state index in [0.717, 1.165) is 0 Å². The van der Waals surface area contributed by atoms with E-state index < -0.39 is 5.82 Å². The lowest BCUT2D eigenvalue weighted by molar-refractivity contribution is 0.0949. The Kier molecular flexibility index (Phi) is 4.20. The Labute approximate surface area is 116 Å². The molecule has 0 bridgehead atoms. The first-order chi connectivity index (χ1) is 8.09. The summed E-state index contributed by atoms with van der Waals surface area (Å²) in [6, 6.07) is 4.70. The van der Waals surface area contributed by atoms with Gasteiger partial charge in [0.1, 0.15) is 5.82 Å². The SMILES string of the molecule is O=C(NCC(Br)C1CC1)c1cccc(Br)c1F. The van der Waals surface area contributed by atoms with Crippen LogP contribution in [0.15, 0.2) is 22.7 Å². The minimum atomic E-state index is -0.512. The van der Waals surface area contributed by atoms with Gasteiger partial charge in [0.05, 0.1) is 10.0 Å². The molecule has 0 aromatic heterocycles. The molecule has 5 heteroatoms. The van der Waals surface area contributed by atoms with E-state index >= 15 is 0 Å². The third kappa shape index (κ3) is 3.28. The molecule has 0 spiro atoms. The highest BCUT2D eigenvalue weighted by Gasteiger charge is 2.29. The largest absolute Gasteiger partial charge is 0.351 e. The van der Waals surface area contributed by atoms with Crippen molar-refractivity contribution in [3.63, 3.8) is 0 Å². The molecule has 1 aromatic rings. The lowest BCUT2D eigenvalue weighted by Crippen LogP contribution is -2.31. The number of hydrogen-bond acceptors (Lipinski definition) is 1. The van der Waals surface area contributed by atoms with Crippen LogP contribution in [-0.4, -0.2) is 17.3 Å². The number of amides is 1. The minimum absolute atomic E-state index is 0.0786. The van der Waals surface area contributed by atoms with E-state index in [4.69, 9.17) is 0 Å². The highest BCUT2D eigenvalue weighted by Crippen LogP contribution is 2.36. The van der Waals surface area contributed by atoms with Gasteiger partial charge in [0.2, 0.25) is 0 Å². The summed E-state index contributed by atoms with van der Waals surface area (Å²) in [6.45, 7) is 0.537. The molecule has 0 heterocycles. The minimum Gasteiger partial charge on any atom is -0.351 e. The van der Waals surface area contributed by atoms with Crippen LogP contribution in [-0.2, 0) is 0 Å². The predicted molar refractivity (Wildman–Crippen MR) is 71.9 cm³/mol. The Morgan fingerprint density at radius 3 is 2.88 bits per heavy atom. The van der Waals surface area contributed by atoms with E-state index in [1.54, 1.807) is 12.1 Å². The summed E-state index contributed by atoms with van der Waals surface area (Å²) in [5.74, 6) is -0.223. The highest BCUT2D eigenvalue weighted by atomic mass is 79.9. The maximum atomic E-state index is 13.6. The zero-order valence-electron chi connectivity index (χ0n) is 9.05. The normalized spacial score (nSPS) is 16.6. The molecule has 1 N–H and O–H groups in total. The van der Waals surface area contributed by atoms with Crippen LogP contribution in [0.3, 0.4) is 0 Å². The zero-order chi connectivity index (χ0) is 12.4. The van der Waals surface area contributed by atoms with Gasteiger partial charge in [-0.05, 0) is 46.8 Å². The smallest absolute Gasteiger partial charge is 0.254 e. The van der Waals surface area contributed by atoms with Gasteiger partial charge in [0.15, 0.2) is 0 Å². The molecule has 17 heavy (non-hydrogen) atoms. The van der Waals surface area contributed by atoms with E-state index in [9.17, 15) is 9.18 Å². The topological polar surface area (TPSA) is 29.1 Å². The van der Waals surface area contributed by atoms with Crippen molar-refractivity contribution < 1.29 is 9.18 Å². The average molecular weight is 365 g/mol. The Hall–Kier alpha value is -0.420. The van der Waals surface area contributed by atoms with Gasteiger partial charge in [-0.2, -0.15) is 0 Å². The van der Waals surface area contributed by atoms with Crippen molar-refractivity contribution in [3.8, 4) is 0 Å². The molecule has 1 aromatic carbocycles. The monoisotopic (exact) mass is 363 g/mol. The van der Waals surface area contributed by atoms with E-state index in [2.05, 4.69) is 37.2 Å². The second-order valence-electron chi connectivity index (χ2n) is 4.16. The van der Waals surface area contributed by atoms with Gasteiger partial charge in [-0.25, -0.2) is 4.39 Å². The number of benzene rings is 1.